The lowest BCUT2D eigenvalue weighted by Crippen LogP contribution is -2.10. The SMILES string of the molecule is C=C(C)CC(N)c1cccc(OC)c1. The first-order valence-electron chi connectivity index (χ1n) is 4.67. The molecule has 0 aromatic heterocycles. The minimum atomic E-state index is 0.0163. The minimum Gasteiger partial charge on any atom is -0.497 e. The summed E-state index contributed by atoms with van der Waals surface area (Å²) in [6.45, 7) is 5.84. The zero-order chi connectivity index (χ0) is 10.6. The van der Waals surface area contributed by atoms with Gasteiger partial charge in [0.25, 0.3) is 0 Å². The number of hydrogen-bond donors (Lipinski definition) is 1. The second-order valence-corrected chi connectivity index (χ2v) is 3.54. The van der Waals surface area contributed by atoms with Crippen LogP contribution in [-0.2, 0) is 0 Å². The summed E-state index contributed by atoms with van der Waals surface area (Å²) in [6, 6.07) is 7.86. The molecule has 2 nitrogen and oxygen atoms in total. The summed E-state index contributed by atoms with van der Waals surface area (Å²) in [5.74, 6) is 0.847. The second-order valence-electron chi connectivity index (χ2n) is 3.54. The fourth-order valence-electron chi connectivity index (χ4n) is 1.37. The van der Waals surface area contributed by atoms with Crippen LogP contribution in [-0.4, -0.2) is 7.11 Å². The van der Waals surface area contributed by atoms with Gasteiger partial charge in [0, 0.05) is 6.04 Å². The molecule has 1 aromatic rings. The Labute approximate surface area is 85.4 Å². The largest absolute Gasteiger partial charge is 0.497 e. The molecule has 0 saturated heterocycles. The van der Waals surface area contributed by atoms with Gasteiger partial charge >= 0.3 is 0 Å². The second kappa shape index (κ2) is 4.82. The first-order chi connectivity index (χ1) is 6.63. The molecule has 0 amide bonds. The van der Waals surface area contributed by atoms with Crippen LogP contribution in [0.25, 0.3) is 0 Å². The molecular weight excluding hydrogens is 174 g/mol. The van der Waals surface area contributed by atoms with Gasteiger partial charge in [-0.25, -0.2) is 0 Å². The van der Waals surface area contributed by atoms with Crippen molar-refractivity contribution >= 4 is 0 Å². The van der Waals surface area contributed by atoms with Crippen molar-refractivity contribution < 1.29 is 4.74 Å². The number of nitrogens with two attached hydrogens (primary N) is 1. The number of hydrogen-bond acceptors (Lipinski definition) is 2. The molecule has 1 rings (SSSR count). The monoisotopic (exact) mass is 191 g/mol. The van der Waals surface area contributed by atoms with E-state index in [4.69, 9.17) is 10.5 Å². The van der Waals surface area contributed by atoms with Gasteiger partial charge in [-0.3, -0.25) is 0 Å². The third-order valence-corrected chi connectivity index (χ3v) is 2.09. The summed E-state index contributed by atoms with van der Waals surface area (Å²) in [7, 11) is 1.66. The van der Waals surface area contributed by atoms with E-state index in [-0.39, 0.29) is 6.04 Å². The molecule has 0 aliphatic carbocycles. The fourth-order valence-corrected chi connectivity index (χ4v) is 1.37. The Bertz CT molecular complexity index is 320. The Hall–Kier alpha value is -1.28. The fraction of sp³-hybridized carbons (Fsp3) is 0.333. The third kappa shape index (κ3) is 2.89. The quantitative estimate of drug-likeness (QED) is 0.742. The van der Waals surface area contributed by atoms with Crippen LogP contribution in [0.5, 0.6) is 5.75 Å². The molecule has 0 saturated carbocycles. The lowest BCUT2D eigenvalue weighted by atomic mass is 10.0. The molecular formula is C12H17NO. The van der Waals surface area contributed by atoms with Crippen molar-refractivity contribution in [3.8, 4) is 5.75 Å². The van der Waals surface area contributed by atoms with Gasteiger partial charge in [-0.15, -0.1) is 6.58 Å². The van der Waals surface area contributed by atoms with Gasteiger partial charge in [0.05, 0.1) is 7.11 Å². The summed E-state index contributed by atoms with van der Waals surface area (Å²) in [6.07, 6.45) is 0.813. The Morgan fingerprint density at radius 1 is 1.57 bits per heavy atom. The summed E-state index contributed by atoms with van der Waals surface area (Å²) < 4.78 is 5.13. The molecule has 0 heterocycles. The maximum absolute atomic E-state index is 6.00. The van der Waals surface area contributed by atoms with Gasteiger partial charge in [0.2, 0.25) is 0 Å². The van der Waals surface area contributed by atoms with E-state index >= 15 is 0 Å². The van der Waals surface area contributed by atoms with E-state index in [2.05, 4.69) is 6.58 Å². The maximum Gasteiger partial charge on any atom is 0.119 e. The average Bonchev–Trinajstić information content (AvgIpc) is 2.17. The Morgan fingerprint density at radius 3 is 2.86 bits per heavy atom. The van der Waals surface area contributed by atoms with Gasteiger partial charge in [-0.2, -0.15) is 0 Å². The smallest absolute Gasteiger partial charge is 0.119 e. The van der Waals surface area contributed by atoms with E-state index in [1.165, 1.54) is 0 Å². The van der Waals surface area contributed by atoms with E-state index in [0.29, 0.717) is 0 Å². The van der Waals surface area contributed by atoms with E-state index in [1.54, 1.807) is 7.11 Å². The predicted molar refractivity (Wildman–Crippen MR) is 59.4 cm³/mol. The van der Waals surface area contributed by atoms with Crippen LogP contribution in [0, 0.1) is 0 Å². The normalized spacial score (nSPS) is 12.2. The number of ether oxygens (including phenoxy) is 1. The maximum atomic E-state index is 6.00. The molecule has 76 valence electrons. The topological polar surface area (TPSA) is 35.2 Å². The zero-order valence-electron chi connectivity index (χ0n) is 8.79. The Balaban J connectivity index is 2.78. The van der Waals surface area contributed by atoms with Crippen LogP contribution < -0.4 is 10.5 Å². The standard InChI is InChI=1S/C12H17NO/c1-9(2)7-12(13)10-5-4-6-11(8-10)14-3/h4-6,8,12H,1,7,13H2,2-3H3. The molecule has 1 aromatic carbocycles. The van der Waals surface area contributed by atoms with Gasteiger partial charge in [0.15, 0.2) is 0 Å². The van der Waals surface area contributed by atoms with Gasteiger partial charge in [-0.1, -0.05) is 17.7 Å². The lowest BCUT2D eigenvalue weighted by molar-refractivity contribution is 0.414. The highest BCUT2D eigenvalue weighted by atomic mass is 16.5. The molecule has 0 aliphatic rings. The molecule has 0 radical (unpaired) electrons. The highest BCUT2D eigenvalue weighted by Gasteiger charge is 2.06. The van der Waals surface area contributed by atoms with E-state index in [0.717, 1.165) is 23.3 Å². The van der Waals surface area contributed by atoms with E-state index in [1.807, 2.05) is 31.2 Å². The van der Waals surface area contributed by atoms with Crippen LogP contribution in [0.15, 0.2) is 36.4 Å². The summed E-state index contributed by atoms with van der Waals surface area (Å²) >= 11 is 0. The molecule has 14 heavy (non-hydrogen) atoms. The Kier molecular flexibility index (Phi) is 3.72. The number of rotatable bonds is 4. The summed E-state index contributed by atoms with van der Waals surface area (Å²) in [5.41, 5.74) is 8.19. The Morgan fingerprint density at radius 2 is 2.29 bits per heavy atom. The minimum absolute atomic E-state index is 0.0163. The van der Waals surface area contributed by atoms with Gasteiger partial charge in [-0.05, 0) is 31.0 Å². The summed E-state index contributed by atoms with van der Waals surface area (Å²) in [5, 5.41) is 0. The molecule has 1 atom stereocenters. The van der Waals surface area contributed by atoms with Crippen LogP contribution in [0.4, 0.5) is 0 Å². The van der Waals surface area contributed by atoms with Crippen molar-refractivity contribution in [2.75, 3.05) is 7.11 Å². The lowest BCUT2D eigenvalue weighted by Gasteiger charge is -2.12. The molecule has 0 spiro atoms. The number of benzene rings is 1. The molecule has 0 fully saturated rings. The van der Waals surface area contributed by atoms with Crippen LogP contribution in [0.1, 0.15) is 24.9 Å². The van der Waals surface area contributed by atoms with Crippen molar-refractivity contribution in [3.05, 3.63) is 42.0 Å². The predicted octanol–water partition coefficient (Wildman–Crippen LogP) is 2.66. The molecule has 2 heteroatoms. The van der Waals surface area contributed by atoms with Crippen LogP contribution >= 0.6 is 0 Å². The first-order valence-corrected chi connectivity index (χ1v) is 4.67. The highest BCUT2D eigenvalue weighted by molar-refractivity contribution is 5.30. The van der Waals surface area contributed by atoms with Crippen molar-refractivity contribution in [1.29, 1.82) is 0 Å². The molecule has 0 bridgehead atoms. The number of methoxy groups -OCH3 is 1. The average molecular weight is 191 g/mol. The molecule has 2 N–H and O–H groups in total. The zero-order valence-corrected chi connectivity index (χ0v) is 8.79. The van der Waals surface area contributed by atoms with Gasteiger partial charge in [0.1, 0.15) is 5.75 Å². The summed E-state index contributed by atoms with van der Waals surface area (Å²) in [4.78, 5) is 0. The molecule has 0 aliphatic heterocycles. The van der Waals surface area contributed by atoms with Crippen molar-refractivity contribution in [2.45, 2.75) is 19.4 Å². The van der Waals surface area contributed by atoms with Crippen LogP contribution in [0.3, 0.4) is 0 Å². The van der Waals surface area contributed by atoms with Crippen LogP contribution in [0.2, 0.25) is 0 Å². The highest BCUT2D eigenvalue weighted by Crippen LogP contribution is 2.21. The van der Waals surface area contributed by atoms with E-state index < -0.39 is 0 Å². The first kappa shape index (κ1) is 10.8. The van der Waals surface area contributed by atoms with E-state index in [9.17, 15) is 0 Å². The van der Waals surface area contributed by atoms with Crippen molar-refractivity contribution in [2.24, 2.45) is 5.73 Å². The van der Waals surface area contributed by atoms with Crippen molar-refractivity contribution in [3.63, 3.8) is 0 Å². The molecule has 1 unspecified atom stereocenters. The van der Waals surface area contributed by atoms with Crippen molar-refractivity contribution in [1.82, 2.24) is 0 Å². The third-order valence-electron chi connectivity index (χ3n) is 2.09. The van der Waals surface area contributed by atoms with Gasteiger partial charge < -0.3 is 10.5 Å².